The highest BCUT2D eigenvalue weighted by atomic mass is 16.3. The first kappa shape index (κ1) is 13.3. The molecule has 2 heterocycles. The zero-order valence-electron chi connectivity index (χ0n) is 12.0. The summed E-state index contributed by atoms with van der Waals surface area (Å²) in [5.74, 6) is 0.493. The number of para-hydroxylation sites is 1. The Morgan fingerprint density at radius 3 is 2.43 bits per heavy atom. The van der Waals surface area contributed by atoms with Crippen LogP contribution in [0, 0.1) is 0 Å². The summed E-state index contributed by atoms with van der Waals surface area (Å²) in [5, 5.41) is 8.33. The lowest BCUT2D eigenvalue weighted by molar-refractivity contribution is 0.101. The second kappa shape index (κ2) is 5.46. The van der Waals surface area contributed by atoms with Gasteiger partial charge < -0.3 is 4.42 Å². The van der Waals surface area contributed by atoms with Crippen LogP contribution in [-0.2, 0) is 0 Å². The van der Waals surface area contributed by atoms with Gasteiger partial charge >= 0.3 is 0 Å². The lowest BCUT2D eigenvalue weighted by Gasteiger charge is -2.06. The van der Waals surface area contributed by atoms with Crippen molar-refractivity contribution in [3.05, 3.63) is 78.3 Å². The molecule has 0 fully saturated rings. The molecule has 5 nitrogen and oxygen atoms in total. The SMILES string of the molecule is O=C(c1ccco1)c1ccccc1-c1nnc2ccccc2n1. The van der Waals surface area contributed by atoms with Crippen LogP contribution in [0.1, 0.15) is 16.1 Å². The Morgan fingerprint density at radius 1 is 0.826 bits per heavy atom. The lowest BCUT2D eigenvalue weighted by Crippen LogP contribution is -2.04. The van der Waals surface area contributed by atoms with Gasteiger partial charge in [0.2, 0.25) is 5.78 Å². The fourth-order valence-corrected chi connectivity index (χ4v) is 2.41. The third kappa shape index (κ3) is 2.38. The predicted octanol–water partition coefficient (Wildman–Crippen LogP) is 3.52. The molecule has 0 radical (unpaired) electrons. The van der Waals surface area contributed by atoms with Gasteiger partial charge in [0, 0.05) is 11.1 Å². The van der Waals surface area contributed by atoms with E-state index in [1.54, 1.807) is 24.3 Å². The first-order chi connectivity index (χ1) is 11.3. The average Bonchev–Trinajstić information content (AvgIpc) is 3.15. The summed E-state index contributed by atoms with van der Waals surface area (Å²) >= 11 is 0. The summed E-state index contributed by atoms with van der Waals surface area (Å²) in [6.07, 6.45) is 1.48. The number of ketones is 1. The predicted molar refractivity (Wildman–Crippen MR) is 84.9 cm³/mol. The number of furan rings is 1. The Labute approximate surface area is 131 Å². The molecule has 23 heavy (non-hydrogen) atoms. The Hall–Kier alpha value is -3.34. The standard InChI is InChI=1S/C18H11N3O2/c22-17(16-10-5-11-23-16)12-6-1-2-7-13(12)18-19-14-8-3-4-9-15(14)20-21-18/h1-11H. The van der Waals surface area contributed by atoms with Crippen LogP contribution in [-0.4, -0.2) is 21.0 Å². The highest BCUT2D eigenvalue weighted by Gasteiger charge is 2.18. The van der Waals surface area contributed by atoms with E-state index in [4.69, 9.17) is 4.42 Å². The quantitative estimate of drug-likeness (QED) is 0.542. The number of fused-ring (bicyclic) bond motifs is 1. The minimum atomic E-state index is -0.206. The summed E-state index contributed by atoms with van der Waals surface area (Å²) in [7, 11) is 0. The molecule has 0 atom stereocenters. The fraction of sp³-hybridized carbons (Fsp3) is 0. The minimum Gasteiger partial charge on any atom is -0.461 e. The van der Waals surface area contributed by atoms with E-state index in [9.17, 15) is 4.79 Å². The van der Waals surface area contributed by atoms with E-state index in [1.165, 1.54) is 6.26 Å². The number of hydrogen-bond acceptors (Lipinski definition) is 5. The smallest absolute Gasteiger partial charge is 0.228 e. The third-order valence-corrected chi connectivity index (χ3v) is 3.52. The van der Waals surface area contributed by atoms with Gasteiger partial charge in [0.1, 0.15) is 5.52 Å². The van der Waals surface area contributed by atoms with E-state index in [1.807, 2.05) is 36.4 Å². The Bertz CT molecular complexity index is 994. The van der Waals surface area contributed by atoms with Gasteiger partial charge in [0.15, 0.2) is 11.6 Å². The number of carbonyl (C=O) groups is 1. The Morgan fingerprint density at radius 2 is 1.61 bits per heavy atom. The van der Waals surface area contributed by atoms with E-state index in [0.717, 1.165) is 5.52 Å². The van der Waals surface area contributed by atoms with Crippen LogP contribution >= 0.6 is 0 Å². The van der Waals surface area contributed by atoms with Gasteiger partial charge in [-0.1, -0.05) is 36.4 Å². The first-order valence-electron chi connectivity index (χ1n) is 7.10. The molecule has 0 aliphatic heterocycles. The molecule has 0 saturated heterocycles. The van der Waals surface area contributed by atoms with Crippen molar-refractivity contribution >= 4 is 16.8 Å². The molecule has 0 spiro atoms. The molecule has 0 aliphatic carbocycles. The molecule has 0 amide bonds. The molecule has 0 saturated carbocycles. The van der Waals surface area contributed by atoms with Crippen LogP contribution in [0.4, 0.5) is 0 Å². The number of benzene rings is 2. The summed E-state index contributed by atoms with van der Waals surface area (Å²) in [5.41, 5.74) is 2.57. The van der Waals surface area contributed by atoms with E-state index >= 15 is 0 Å². The van der Waals surface area contributed by atoms with Crippen molar-refractivity contribution in [2.45, 2.75) is 0 Å². The Kier molecular flexibility index (Phi) is 3.16. The molecule has 0 unspecified atom stereocenters. The van der Waals surface area contributed by atoms with E-state index < -0.39 is 0 Å². The molecule has 5 heteroatoms. The zero-order chi connectivity index (χ0) is 15.6. The van der Waals surface area contributed by atoms with Gasteiger partial charge in [-0.2, -0.15) is 0 Å². The van der Waals surface area contributed by atoms with Crippen molar-refractivity contribution in [2.75, 3.05) is 0 Å². The monoisotopic (exact) mass is 301 g/mol. The Balaban J connectivity index is 1.86. The summed E-state index contributed by atoms with van der Waals surface area (Å²) in [6, 6.07) is 18.0. The summed E-state index contributed by atoms with van der Waals surface area (Å²) in [4.78, 5) is 17.1. The van der Waals surface area contributed by atoms with Crippen LogP contribution in [0.3, 0.4) is 0 Å². The van der Waals surface area contributed by atoms with Crippen LogP contribution in [0.2, 0.25) is 0 Å². The topological polar surface area (TPSA) is 68.9 Å². The van der Waals surface area contributed by atoms with Crippen LogP contribution in [0.25, 0.3) is 22.4 Å². The maximum Gasteiger partial charge on any atom is 0.228 e. The molecule has 2 aromatic carbocycles. The van der Waals surface area contributed by atoms with Crippen LogP contribution < -0.4 is 0 Å². The van der Waals surface area contributed by atoms with Crippen molar-refractivity contribution in [3.8, 4) is 11.4 Å². The van der Waals surface area contributed by atoms with Crippen LogP contribution in [0.15, 0.2) is 71.3 Å². The zero-order valence-corrected chi connectivity index (χ0v) is 12.0. The highest BCUT2D eigenvalue weighted by molar-refractivity contribution is 6.10. The summed E-state index contributed by atoms with van der Waals surface area (Å²) in [6.45, 7) is 0. The van der Waals surface area contributed by atoms with E-state index in [0.29, 0.717) is 22.5 Å². The number of hydrogen-bond donors (Lipinski definition) is 0. The highest BCUT2D eigenvalue weighted by Crippen LogP contribution is 2.23. The molecular weight excluding hydrogens is 290 g/mol. The average molecular weight is 301 g/mol. The molecule has 110 valence electrons. The number of rotatable bonds is 3. The molecule has 0 bridgehead atoms. The lowest BCUT2D eigenvalue weighted by atomic mass is 10.0. The van der Waals surface area contributed by atoms with E-state index in [-0.39, 0.29) is 11.5 Å². The van der Waals surface area contributed by atoms with E-state index in [2.05, 4.69) is 15.2 Å². The summed E-state index contributed by atoms with van der Waals surface area (Å²) < 4.78 is 5.20. The molecule has 4 rings (SSSR count). The molecule has 4 aromatic rings. The molecule has 0 N–H and O–H groups in total. The largest absolute Gasteiger partial charge is 0.461 e. The molecule has 0 aliphatic rings. The van der Waals surface area contributed by atoms with Gasteiger partial charge in [-0.3, -0.25) is 4.79 Å². The first-order valence-corrected chi connectivity index (χ1v) is 7.10. The van der Waals surface area contributed by atoms with Crippen molar-refractivity contribution in [1.29, 1.82) is 0 Å². The van der Waals surface area contributed by atoms with Gasteiger partial charge in [-0.05, 0) is 24.3 Å². The van der Waals surface area contributed by atoms with Gasteiger partial charge in [0.05, 0.1) is 11.8 Å². The third-order valence-electron chi connectivity index (χ3n) is 3.52. The number of aromatic nitrogens is 3. The van der Waals surface area contributed by atoms with Gasteiger partial charge in [-0.25, -0.2) is 4.98 Å². The van der Waals surface area contributed by atoms with Crippen molar-refractivity contribution in [1.82, 2.24) is 15.2 Å². The normalized spacial score (nSPS) is 10.8. The van der Waals surface area contributed by atoms with Crippen LogP contribution in [0.5, 0.6) is 0 Å². The van der Waals surface area contributed by atoms with Crippen molar-refractivity contribution in [3.63, 3.8) is 0 Å². The van der Waals surface area contributed by atoms with Gasteiger partial charge in [0.25, 0.3) is 0 Å². The second-order valence-electron chi connectivity index (χ2n) is 4.98. The number of carbonyl (C=O) groups excluding carboxylic acids is 1. The molecular formula is C18H11N3O2. The van der Waals surface area contributed by atoms with Crippen molar-refractivity contribution < 1.29 is 9.21 Å². The maximum absolute atomic E-state index is 12.6. The fourth-order valence-electron chi connectivity index (χ4n) is 2.41. The maximum atomic E-state index is 12.6. The van der Waals surface area contributed by atoms with Crippen molar-refractivity contribution in [2.24, 2.45) is 0 Å². The minimum absolute atomic E-state index is 0.206. The van der Waals surface area contributed by atoms with Gasteiger partial charge in [-0.15, -0.1) is 10.2 Å². The number of nitrogens with zero attached hydrogens (tertiary/aromatic N) is 3. The second-order valence-corrected chi connectivity index (χ2v) is 4.98. The molecule has 2 aromatic heterocycles.